The third-order valence-corrected chi connectivity index (χ3v) is 3.21. The van der Waals surface area contributed by atoms with Gasteiger partial charge in [0.05, 0.1) is 17.0 Å². The van der Waals surface area contributed by atoms with Crippen LogP contribution in [0.3, 0.4) is 0 Å². The fourth-order valence-corrected chi connectivity index (χ4v) is 2.12. The molecule has 5 nitrogen and oxygen atoms in total. The normalized spacial score (nSPS) is 11.7. The summed E-state index contributed by atoms with van der Waals surface area (Å²) in [6, 6.07) is 2.27. The first kappa shape index (κ1) is 15.4. The van der Waals surface area contributed by atoms with Crippen LogP contribution in [0, 0.1) is 5.82 Å². The first-order valence-corrected chi connectivity index (χ1v) is 6.53. The summed E-state index contributed by atoms with van der Waals surface area (Å²) in [6.07, 6.45) is -2.79. The molecule has 2 N–H and O–H groups in total. The summed E-state index contributed by atoms with van der Waals surface area (Å²) < 4.78 is 59.9. The SMILES string of the molecule is CN(CC(F)F)C(=O)c1cc(F)ccc1S(N)(=O)=O. The number of carbonyl (C=O) groups is 1. The summed E-state index contributed by atoms with van der Waals surface area (Å²) in [4.78, 5) is 11.8. The number of primary sulfonamides is 1. The maximum Gasteiger partial charge on any atom is 0.255 e. The average Bonchev–Trinajstić information content (AvgIpc) is 2.25. The number of sulfonamides is 1. The third kappa shape index (κ3) is 3.93. The summed E-state index contributed by atoms with van der Waals surface area (Å²) >= 11 is 0. The molecule has 0 saturated carbocycles. The van der Waals surface area contributed by atoms with Gasteiger partial charge in [-0.3, -0.25) is 4.79 Å². The van der Waals surface area contributed by atoms with Crippen LogP contribution in [0.15, 0.2) is 23.1 Å². The summed E-state index contributed by atoms with van der Waals surface area (Å²) in [7, 11) is -3.21. The molecule has 0 bridgehead atoms. The fraction of sp³-hybridized carbons (Fsp3) is 0.300. The zero-order valence-corrected chi connectivity index (χ0v) is 10.6. The van der Waals surface area contributed by atoms with E-state index in [0.29, 0.717) is 11.0 Å². The van der Waals surface area contributed by atoms with Crippen LogP contribution in [0.4, 0.5) is 13.2 Å². The molecule has 0 unspecified atom stereocenters. The maximum atomic E-state index is 13.1. The molecule has 1 amide bonds. The highest BCUT2D eigenvalue weighted by Crippen LogP contribution is 2.18. The van der Waals surface area contributed by atoms with E-state index in [1.807, 2.05) is 0 Å². The van der Waals surface area contributed by atoms with Crippen molar-refractivity contribution in [3.8, 4) is 0 Å². The standard InChI is InChI=1S/C10H11F3N2O3S/c1-15(5-9(12)13)10(16)7-4-6(11)2-3-8(7)19(14,17)18/h2-4,9H,5H2,1H3,(H2,14,17,18). The Morgan fingerprint density at radius 1 is 1.42 bits per heavy atom. The topological polar surface area (TPSA) is 80.5 Å². The van der Waals surface area contributed by atoms with Gasteiger partial charge in [-0.1, -0.05) is 0 Å². The Balaban J connectivity index is 3.26. The van der Waals surface area contributed by atoms with Gasteiger partial charge in [-0.15, -0.1) is 0 Å². The third-order valence-electron chi connectivity index (χ3n) is 2.24. The van der Waals surface area contributed by atoms with Crippen molar-refractivity contribution >= 4 is 15.9 Å². The number of hydrogen-bond acceptors (Lipinski definition) is 3. The molecule has 0 heterocycles. The van der Waals surface area contributed by atoms with Crippen molar-refractivity contribution in [2.75, 3.05) is 13.6 Å². The molecule has 0 aliphatic heterocycles. The zero-order valence-electron chi connectivity index (χ0n) is 9.81. The molecule has 0 aliphatic rings. The number of nitrogens with zero attached hydrogens (tertiary/aromatic N) is 1. The van der Waals surface area contributed by atoms with Crippen molar-refractivity contribution in [2.45, 2.75) is 11.3 Å². The summed E-state index contributed by atoms with van der Waals surface area (Å²) in [6.45, 7) is -0.903. The summed E-state index contributed by atoms with van der Waals surface area (Å²) in [5.41, 5.74) is -0.578. The second-order valence-corrected chi connectivity index (χ2v) is 5.29. The summed E-state index contributed by atoms with van der Waals surface area (Å²) in [5, 5.41) is 4.88. The lowest BCUT2D eigenvalue weighted by molar-refractivity contribution is 0.0616. The zero-order chi connectivity index (χ0) is 14.8. The van der Waals surface area contributed by atoms with Gasteiger partial charge in [0.15, 0.2) is 0 Å². The van der Waals surface area contributed by atoms with Gasteiger partial charge < -0.3 is 4.90 Å². The highest BCUT2D eigenvalue weighted by atomic mass is 32.2. The van der Waals surface area contributed by atoms with E-state index in [1.54, 1.807) is 0 Å². The van der Waals surface area contributed by atoms with E-state index >= 15 is 0 Å². The molecule has 0 fully saturated rings. The van der Waals surface area contributed by atoms with E-state index < -0.39 is 45.2 Å². The first-order chi connectivity index (χ1) is 8.62. The van der Waals surface area contributed by atoms with Crippen molar-refractivity contribution < 1.29 is 26.4 Å². The average molecular weight is 296 g/mol. The molecule has 1 aromatic rings. The van der Waals surface area contributed by atoms with E-state index in [9.17, 15) is 26.4 Å². The first-order valence-electron chi connectivity index (χ1n) is 4.99. The van der Waals surface area contributed by atoms with E-state index in [4.69, 9.17) is 5.14 Å². The second kappa shape index (κ2) is 5.57. The Morgan fingerprint density at radius 2 is 2.00 bits per heavy atom. The molecule has 0 radical (unpaired) electrons. The van der Waals surface area contributed by atoms with E-state index in [0.717, 1.165) is 19.2 Å². The lowest BCUT2D eigenvalue weighted by Crippen LogP contribution is -2.32. The molecule has 1 rings (SSSR count). The minimum absolute atomic E-state index is 0.578. The number of hydrogen-bond donors (Lipinski definition) is 1. The number of amides is 1. The van der Waals surface area contributed by atoms with Crippen molar-refractivity contribution in [3.05, 3.63) is 29.6 Å². The van der Waals surface area contributed by atoms with Crippen LogP contribution in [0.1, 0.15) is 10.4 Å². The molecule has 9 heteroatoms. The van der Waals surface area contributed by atoms with Crippen LogP contribution < -0.4 is 5.14 Å². The summed E-state index contributed by atoms with van der Waals surface area (Å²) in [5.74, 6) is -1.93. The van der Waals surface area contributed by atoms with Gasteiger partial charge in [-0.25, -0.2) is 26.7 Å². The van der Waals surface area contributed by atoms with Crippen LogP contribution in [0.5, 0.6) is 0 Å². The van der Waals surface area contributed by atoms with Gasteiger partial charge in [0, 0.05) is 7.05 Å². The van der Waals surface area contributed by atoms with Gasteiger partial charge in [-0.2, -0.15) is 0 Å². The molecule has 0 spiro atoms. The van der Waals surface area contributed by atoms with Crippen LogP contribution in [0.25, 0.3) is 0 Å². The molecule has 0 saturated heterocycles. The Hall–Kier alpha value is -1.61. The monoisotopic (exact) mass is 296 g/mol. The van der Waals surface area contributed by atoms with Gasteiger partial charge in [-0.05, 0) is 18.2 Å². The van der Waals surface area contributed by atoms with Gasteiger partial charge in [0.2, 0.25) is 10.0 Å². The molecular formula is C10H11F3N2O3S. The maximum absolute atomic E-state index is 13.1. The van der Waals surface area contributed by atoms with Crippen LogP contribution in [0.2, 0.25) is 0 Å². The van der Waals surface area contributed by atoms with Crippen LogP contribution in [-0.4, -0.2) is 39.2 Å². The second-order valence-electron chi connectivity index (χ2n) is 3.76. The van der Waals surface area contributed by atoms with Crippen LogP contribution >= 0.6 is 0 Å². The van der Waals surface area contributed by atoms with Crippen molar-refractivity contribution in [3.63, 3.8) is 0 Å². The molecule has 19 heavy (non-hydrogen) atoms. The number of nitrogens with two attached hydrogens (primary N) is 1. The predicted molar refractivity (Wildman–Crippen MR) is 60.7 cm³/mol. The van der Waals surface area contributed by atoms with E-state index in [2.05, 4.69) is 0 Å². The van der Waals surface area contributed by atoms with Crippen molar-refractivity contribution in [1.82, 2.24) is 4.90 Å². The molecule has 0 aromatic heterocycles. The highest BCUT2D eigenvalue weighted by molar-refractivity contribution is 7.89. The fourth-order valence-electron chi connectivity index (χ4n) is 1.41. The van der Waals surface area contributed by atoms with Gasteiger partial charge in [0.25, 0.3) is 12.3 Å². The Morgan fingerprint density at radius 3 is 2.47 bits per heavy atom. The van der Waals surface area contributed by atoms with E-state index in [1.165, 1.54) is 0 Å². The number of alkyl halides is 2. The number of rotatable bonds is 4. The minimum atomic E-state index is -4.26. The molecule has 1 aromatic carbocycles. The Kier molecular flexibility index (Phi) is 4.53. The van der Waals surface area contributed by atoms with Gasteiger partial charge >= 0.3 is 0 Å². The smallest absolute Gasteiger partial charge is 0.255 e. The lowest BCUT2D eigenvalue weighted by atomic mass is 10.2. The van der Waals surface area contributed by atoms with Crippen molar-refractivity contribution in [2.24, 2.45) is 5.14 Å². The lowest BCUT2D eigenvalue weighted by Gasteiger charge is -2.18. The predicted octanol–water partition coefficient (Wildman–Crippen LogP) is 0.810. The highest BCUT2D eigenvalue weighted by Gasteiger charge is 2.24. The molecular weight excluding hydrogens is 285 g/mol. The molecule has 0 aliphatic carbocycles. The number of carbonyl (C=O) groups excluding carboxylic acids is 1. The molecule has 106 valence electrons. The molecule has 0 atom stereocenters. The van der Waals surface area contributed by atoms with Crippen LogP contribution in [-0.2, 0) is 10.0 Å². The van der Waals surface area contributed by atoms with Gasteiger partial charge in [0.1, 0.15) is 5.82 Å². The van der Waals surface area contributed by atoms with E-state index in [-0.39, 0.29) is 0 Å². The van der Waals surface area contributed by atoms with Crippen molar-refractivity contribution in [1.29, 1.82) is 0 Å². The largest absolute Gasteiger partial charge is 0.336 e. The quantitative estimate of drug-likeness (QED) is 0.893. The Bertz CT molecular complexity index is 590. The number of benzene rings is 1. The minimum Gasteiger partial charge on any atom is -0.336 e. The number of halogens is 3. The Labute approximate surface area is 107 Å².